The Kier molecular flexibility index (Phi) is 2.88. The number of hydrogen-bond donors (Lipinski definition) is 1. The standard InChI is InChI=1S/C15H21N3S/c1-2-16-14(12-6-10-5-11(10)7-12)8-13-9-18-3-4-19-15(18)17-13/h3-4,9-12,14,16H,2,5-8H2,1H3. The van der Waals surface area contributed by atoms with Crippen LogP contribution >= 0.6 is 11.3 Å². The van der Waals surface area contributed by atoms with Crippen molar-refractivity contribution in [1.82, 2.24) is 14.7 Å². The zero-order chi connectivity index (χ0) is 12.8. The van der Waals surface area contributed by atoms with E-state index in [0.29, 0.717) is 6.04 Å². The van der Waals surface area contributed by atoms with Crippen LogP contribution in [0.15, 0.2) is 17.8 Å². The first kappa shape index (κ1) is 11.9. The van der Waals surface area contributed by atoms with Crippen LogP contribution in [0.3, 0.4) is 0 Å². The van der Waals surface area contributed by atoms with Crippen molar-refractivity contribution < 1.29 is 0 Å². The minimum atomic E-state index is 0.627. The van der Waals surface area contributed by atoms with Gasteiger partial charge < -0.3 is 5.32 Å². The highest BCUT2D eigenvalue weighted by Gasteiger charge is 2.47. The van der Waals surface area contributed by atoms with Crippen LogP contribution in [0.4, 0.5) is 0 Å². The molecule has 2 aromatic heterocycles. The number of fused-ring (bicyclic) bond motifs is 2. The van der Waals surface area contributed by atoms with Crippen LogP contribution in [-0.4, -0.2) is 22.0 Å². The van der Waals surface area contributed by atoms with Gasteiger partial charge in [-0.2, -0.15) is 0 Å². The van der Waals surface area contributed by atoms with Gasteiger partial charge in [0, 0.05) is 30.2 Å². The van der Waals surface area contributed by atoms with Crippen molar-refractivity contribution in [3.8, 4) is 0 Å². The molecule has 0 saturated heterocycles. The molecule has 0 bridgehead atoms. The third-order valence-corrected chi connectivity index (χ3v) is 5.66. The lowest BCUT2D eigenvalue weighted by Gasteiger charge is -2.25. The van der Waals surface area contributed by atoms with Gasteiger partial charge in [0.2, 0.25) is 0 Å². The summed E-state index contributed by atoms with van der Waals surface area (Å²) in [5.41, 5.74) is 1.25. The summed E-state index contributed by atoms with van der Waals surface area (Å²) < 4.78 is 2.15. The maximum Gasteiger partial charge on any atom is 0.193 e. The predicted octanol–water partition coefficient (Wildman–Crippen LogP) is 2.96. The zero-order valence-corrected chi connectivity index (χ0v) is 12.2. The molecular formula is C15H21N3S. The van der Waals surface area contributed by atoms with E-state index in [1.54, 1.807) is 11.3 Å². The van der Waals surface area contributed by atoms with Crippen molar-refractivity contribution in [2.24, 2.45) is 17.8 Å². The number of thiazole rings is 1. The fourth-order valence-electron chi connectivity index (χ4n) is 3.86. The highest BCUT2D eigenvalue weighted by atomic mass is 32.1. The molecule has 0 radical (unpaired) electrons. The summed E-state index contributed by atoms with van der Waals surface area (Å²) in [5.74, 6) is 3.01. The number of aromatic nitrogens is 2. The summed E-state index contributed by atoms with van der Waals surface area (Å²) in [6, 6.07) is 0.627. The quantitative estimate of drug-likeness (QED) is 0.909. The fraction of sp³-hybridized carbons (Fsp3) is 0.667. The van der Waals surface area contributed by atoms with E-state index >= 15 is 0 Å². The molecule has 4 rings (SSSR count). The van der Waals surface area contributed by atoms with E-state index in [9.17, 15) is 0 Å². The van der Waals surface area contributed by atoms with Gasteiger partial charge >= 0.3 is 0 Å². The van der Waals surface area contributed by atoms with Gasteiger partial charge in [0.05, 0.1) is 5.69 Å². The van der Waals surface area contributed by atoms with Gasteiger partial charge in [0.15, 0.2) is 4.96 Å². The van der Waals surface area contributed by atoms with Crippen LogP contribution in [0.1, 0.15) is 31.9 Å². The number of hydrogen-bond acceptors (Lipinski definition) is 3. The van der Waals surface area contributed by atoms with Crippen LogP contribution in [0, 0.1) is 17.8 Å². The molecule has 0 aliphatic heterocycles. The smallest absolute Gasteiger partial charge is 0.193 e. The lowest BCUT2D eigenvalue weighted by atomic mass is 9.91. The average Bonchev–Trinajstić information content (AvgIpc) is 2.80. The molecule has 0 aromatic carbocycles. The van der Waals surface area contributed by atoms with E-state index in [1.807, 2.05) is 0 Å². The maximum absolute atomic E-state index is 4.74. The maximum atomic E-state index is 4.74. The topological polar surface area (TPSA) is 29.3 Å². The molecule has 2 fully saturated rings. The molecule has 2 aliphatic carbocycles. The van der Waals surface area contributed by atoms with Crippen LogP contribution in [0.5, 0.6) is 0 Å². The molecule has 2 aliphatic rings. The summed E-state index contributed by atoms with van der Waals surface area (Å²) in [6.07, 6.45) is 9.80. The summed E-state index contributed by atoms with van der Waals surface area (Å²) in [5, 5.41) is 5.80. The zero-order valence-electron chi connectivity index (χ0n) is 11.4. The van der Waals surface area contributed by atoms with Crippen molar-refractivity contribution in [3.05, 3.63) is 23.5 Å². The van der Waals surface area contributed by atoms with E-state index in [1.165, 1.54) is 25.0 Å². The molecule has 2 aromatic rings. The first-order valence-corrected chi connectivity index (χ1v) is 8.36. The van der Waals surface area contributed by atoms with Crippen molar-refractivity contribution in [2.45, 2.75) is 38.6 Å². The Hall–Kier alpha value is -0.870. The minimum absolute atomic E-state index is 0.627. The molecule has 19 heavy (non-hydrogen) atoms. The summed E-state index contributed by atoms with van der Waals surface area (Å²) in [4.78, 5) is 5.86. The van der Waals surface area contributed by atoms with Crippen LogP contribution in [0.25, 0.3) is 4.96 Å². The molecule has 3 unspecified atom stereocenters. The summed E-state index contributed by atoms with van der Waals surface area (Å²) in [7, 11) is 0. The van der Waals surface area contributed by atoms with E-state index in [2.05, 4.69) is 34.4 Å². The van der Waals surface area contributed by atoms with Crippen LogP contribution in [-0.2, 0) is 6.42 Å². The lowest BCUT2D eigenvalue weighted by Crippen LogP contribution is -2.37. The molecule has 2 saturated carbocycles. The van der Waals surface area contributed by atoms with Crippen molar-refractivity contribution in [1.29, 1.82) is 0 Å². The molecule has 0 spiro atoms. The van der Waals surface area contributed by atoms with Gasteiger partial charge in [-0.25, -0.2) is 4.98 Å². The molecule has 2 heterocycles. The van der Waals surface area contributed by atoms with Crippen molar-refractivity contribution in [3.63, 3.8) is 0 Å². The SMILES string of the molecule is CCNC(Cc1cn2ccsc2n1)C1CC2CC2C1. The van der Waals surface area contributed by atoms with Crippen LogP contribution < -0.4 is 5.32 Å². The Bertz CT molecular complexity index is 534. The normalized spacial score (nSPS) is 30.7. The number of nitrogens with zero attached hydrogens (tertiary/aromatic N) is 2. The molecular weight excluding hydrogens is 254 g/mol. The van der Waals surface area contributed by atoms with Crippen LogP contribution in [0.2, 0.25) is 0 Å². The Labute approximate surface area is 118 Å². The second kappa shape index (κ2) is 4.60. The summed E-state index contributed by atoms with van der Waals surface area (Å²) >= 11 is 1.72. The predicted molar refractivity (Wildman–Crippen MR) is 78.6 cm³/mol. The third-order valence-electron chi connectivity index (χ3n) is 4.89. The highest BCUT2D eigenvalue weighted by Crippen LogP contribution is 2.55. The Balaban J connectivity index is 1.49. The van der Waals surface area contributed by atoms with Gasteiger partial charge in [-0.05, 0) is 43.6 Å². The molecule has 1 N–H and O–H groups in total. The summed E-state index contributed by atoms with van der Waals surface area (Å²) in [6.45, 7) is 3.28. The minimum Gasteiger partial charge on any atom is -0.314 e. The second-order valence-corrected chi connectivity index (χ2v) is 7.05. The van der Waals surface area contributed by atoms with E-state index in [4.69, 9.17) is 4.98 Å². The molecule has 3 atom stereocenters. The third kappa shape index (κ3) is 2.21. The first-order chi connectivity index (χ1) is 9.33. The van der Waals surface area contributed by atoms with E-state index in [-0.39, 0.29) is 0 Å². The van der Waals surface area contributed by atoms with Gasteiger partial charge in [-0.1, -0.05) is 6.92 Å². The Morgan fingerprint density at radius 1 is 1.42 bits per heavy atom. The van der Waals surface area contributed by atoms with Gasteiger partial charge in [0.1, 0.15) is 0 Å². The first-order valence-electron chi connectivity index (χ1n) is 7.48. The average molecular weight is 275 g/mol. The van der Waals surface area contributed by atoms with Crippen molar-refractivity contribution >= 4 is 16.3 Å². The Morgan fingerprint density at radius 2 is 2.26 bits per heavy atom. The van der Waals surface area contributed by atoms with Gasteiger partial charge in [-0.3, -0.25) is 4.40 Å². The number of likely N-dealkylation sites (N-methyl/N-ethyl adjacent to an activating group) is 1. The Morgan fingerprint density at radius 3 is 3.00 bits per heavy atom. The largest absolute Gasteiger partial charge is 0.314 e. The number of rotatable bonds is 5. The molecule has 4 heteroatoms. The van der Waals surface area contributed by atoms with Gasteiger partial charge in [0.25, 0.3) is 0 Å². The fourth-order valence-corrected chi connectivity index (χ4v) is 4.58. The number of nitrogens with one attached hydrogen (secondary N) is 1. The monoisotopic (exact) mass is 275 g/mol. The van der Waals surface area contributed by atoms with E-state index in [0.717, 1.165) is 35.7 Å². The second-order valence-electron chi connectivity index (χ2n) is 6.18. The number of imidazole rings is 1. The highest BCUT2D eigenvalue weighted by molar-refractivity contribution is 7.15. The van der Waals surface area contributed by atoms with Gasteiger partial charge in [-0.15, -0.1) is 11.3 Å². The molecule has 0 amide bonds. The van der Waals surface area contributed by atoms with Crippen molar-refractivity contribution in [2.75, 3.05) is 6.54 Å². The lowest BCUT2D eigenvalue weighted by molar-refractivity contribution is 0.335. The van der Waals surface area contributed by atoms with E-state index < -0.39 is 0 Å². The molecule has 102 valence electrons. The molecule has 3 nitrogen and oxygen atoms in total.